The Labute approximate surface area is 148 Å². The number of halogens is 4. The molecule has 0 aliphatic carbocycles. The van der Waals surface area contributed by atoms with Gasteiger partial charge >= 0.3 is 0 Å². The first-order valence-electron chi connectivity index (χ1n) is 5.72. The molecule has 0 fully saturated rings. The molecule has 0 amide bonds. The van der Waals surface area contributed by atoms with Gasteiger partial charge in [0.1, 0.15) is 5.75 Å². The van der Waals surface area contributed by atoms with Crippen molar-refractivity contribution in [2.24, 2.45) is 0 Å². The van der Waals surface area contributed by atoms with E-state index in [1.807, 2.05) is 30.3 Å². The maximum absolute atomic E-state index is 6.18. The van der Waals surface area contributed by atoms with Crippen LogP contribution in [0, 0.1) is 0 Å². The Balaban J connectivity index is 2.20. The molecule has 0 heterocycles. The zero-order valence-electron chi connectivity index (χ0n) is 10.5. The lowest BCUT2D eigenvalue weighted by Crippen LogP contribution is -2.01. The first-order valence-corrected chi connectivity index (χ1v) is 8.48. The fourth-order valence-electron chi connectivity index (χ4n) is 1.69. The second kappa shape index (κ2) is 7.16. The number of hydrogen-bond acceptors (Lipinski definition) is 2. The van der Waals surface area contributed by atoms with E-state index in [2.05, 4.69) is 53.1 Å². The summed E-state index contributed by atoms with van der Waals surface area (Å²) in [6.07, 6.45) is 0. The summed E-state index contributed by atoms with van der Waals surface area (Å²) < 4.78 is 8.16. The highest BCUT2D eigenvalue weighted by molar-refractivity contribution is 9.11. The Morgan fingerprint density at radius 3 is 2.55 bits per heavy atom. The third-order valence-electron chi connectivity index (χ3n) is 2.72. The minimum atomic E-state index is 0.627. The summed E-state index contributed by atoms with van der Waals surface area (Å²) in [5.74, 6) is 0.774. The molecule has 0 saturated heterocycles. The predicted octanol–water partition coefficient (Wildman–Crippen LogP) is 6.25. The van der Waals surface area contributed by atoms with Crippen molar-refractivity contribution in [2.45, 2.75) is 6.54 Å². The molecule has 0 aliphatic rings. The molecular formula is C14H11Br3ClNO. The monoisotopic (exact) mass is 481 g/mol. The number of anilines is 1. The normalized spacial score (nSPS) is 10.4. The number of ether oxygens (including phenoxy) is 1. The molecule has 0 aliphatic heterocycles. The highest BCUT2D eigenvalue weighted by Gasteiger charge is 2.08. The summed E-state index contributed by atoms with van der Waals surface area (Å²) in [5.41, 5.74) is 1.97. The molecule has 0 unspecified atom stereocenters. The van der Waals surface area contributed by atoms with Crippen molar-refractivity contribution in [2.75, 3.05) is 12.4 Å². The third-order valence-corrected chi connectivity index (χ3v) is 4.86. The van der Waals surface area contributed by atoms with Crippen molar-refractivity contribution >= 4 is 65.1 Å². The lowest BCUT2D eigenvalue weighted by molar-refractivity contribution is 0.412. The molecule has 0 bridgehead atoms. The first-order chi connectivity index (χ1) is 9.51. The van der Waals surface area contributed by atoms with E-state index in [0.29, 0.717) is 6.54 Å². The van der Waals surface area contributed by atoms with Crippen molar-refractivity contribution in [1.29, 1.82) is 0 Å². The maximum Gasteiger partial charge on any atom is 0.135 e. The van der Waals surface area contributed by atoms with Crippen LogP contribution in [0.3, 0.4) is 0 Å². The molecule has 6 heteroatoms. The Hall–Kier alpha value is -0.230. The van der Waals surface area contributed by atoms with Crippen LogP contribution >= 0.6 is 59.4 Å². The van der Waals surface area contributed by atoms with Gasteiger partial charge in [0.2, 0.25) is 0 Å². The number of benzene rings is 2. The number of rotatable bonds is 4. The minimum Gasteiger partial charge on any atom is -0.495 e. The quantitative estimate of drug-likeness (QED) is 0.554. The van der Waals surface area contributed by atoms with Crippen molar-refractivity contribution in [3.05, 3.63) is 54.3 Å². The van der Waals surface area contributed by atoms with Crippen LogP contribution in [0.15, 0.2) is 43.7 Å². The van der Waals surface area contributed by atoms with Crippen LogP contribution in [-0.2, 0) is 6.54 Å². The SMILES string of the molecule is COc1cc(NCc2cc(Br)ccc2Cl)c(Br)cc1Br. The van der Waals surface area contributed by atoms with Crippen LogP contribution in [-0.4, -0.2) is 7.11 Å². The largest absolute Gasteiger partial charge is 0.495 e. The summed E-state index contributed by atoms with van der Waals surface area (Å²) in [6.45, 7) is 0.627. The molecule has 0 spiro atoms. The topological polar surface area (TPSA) is 21.3 Å². The van der Waals surface area contributed by atoms with Crippen LogP contribution in [0.1, 0.15) is 5.56 Å². The van der Waals surface area contributed by atoms with Crippen molar-refractivity contribution in [3.8, 4) is 5.75 Å². The lowest BCUT2D eigenvalue weighted by atomic mass is 10.2. The zero-order valence-corrected chi connectivity index (χ0v) is 16.0. The standard InChI is InChI=1S/C14H11Br3ClNO/c1-20-14-6-13(10(16)5-11(14)17)19-7-8-4-9(15)2-3-12(8)18/h2-6,19H,7H2,1H3. The van der Waals surface area contributed by atoms with Gasteiger partial charge in [0.15, 0.2) is 0 Å². The smallest absolute Gasteiger partial charge is 0.135 e. The van der Waals surface area contributed by atoms with E-state index in [-0.39, 0.29) is 0 Å². The van der Waals surface area contributed by atoms with Crippen LogP contribution in [0.5, 0.6) is 5.75 Å². The van der Waals surface area contributed by atoms with Crippen LogP contribution in [0.25, 0.3) is 0 Å². The van der Waals surface area contributed by atoms with E-state index >= 15 is 0 Å². The summed E-state index contributed by atoms with van der Waals surface area (Å²) in [6, 6.07) is 9.67. The van der Waals surface area contributed by atoms with E-state index in [0.717, 1.165) is 35.4 Å². The van der Waals surface area contributed by atoms with Crippen LogP contribution < -0.4 is 10.1 Å². The van der Waals surface area contributed by atoms with Crippen molar-refractivity contribution < 1.29 is 4.74 Å². The molecule has 2 aromatic rings. The Bertz CT molecular complexity index is 634. The third kappa shape index (κ3) is 3.91. The number of hydrogen-bond donors (Lipinski definition) is 1. The van der Waals surface area contributed by atoms with Gasteiger partial charge < -0.3 is 10.1 Å². The highest BCUT2D eigenvalue weighted by atomic mass is 79.9. The van der Waals surface area contributed by atoms with Crippen molar-refractivity contribution in [3.63, 3.8) is 0 Å². The maximum atomic E-state index is 6.18. The van der Waals surface area contributed by atoms with Gasteiger partial charge in [-0.25, -0.2) is 0 Å². The average molecular weight is 484 g/mol. The first kappa shape index (κ1) is 16.1. The van der Waals surface area contributed by atoms with E-state index in [9.17, 15) is 0 Å². The van der Waals surface area contributed by atoms with Crippen molar-refractivity contribution in [1.82, 2.24) is 0 Å². The molecule has 0 saturated carbocycles. The Morgan fingerprint density at radius 2 is 1.85 bits per heavy atom. The van der Waals surface area contributed by atoms with Gasteiger partial charge in [-0.3, -0.25) is 0 Å². The van der Waals surface area contributed by atoms with Gasteiger partial charge in [-0.15, -0.1) is 0 Å². The van der Waals surface area contributed by atoms with E-state index in [1.54, 1.807) is 7.11 Å². The zero-order chi connectivity index (χ0) is 14.7. The molecular weight excluding hydrogens is 473 g/mol. The Kier molecular flexibility index (Phi) is 5.78. The van der Waals surface area contributed by atoms with Gasteiger partial charge in [-0.05, 0) is 61.7 Å². The van der Waals surface area contributed by atoms with Gasteiger partial charge in [0, 0.05) is 26.6 Å². The summed E-state index contributed by atoms with van der Waals surface area (Å²) in [5, 5.41) is 4.08. The molecule has 106 valence electrons. The average Bonchev–Trinajstić information content (AvgIpc) is 2.41. The second-order valence-corrected chi connectivity index (χ2v) is 7.09. The molecule has 20 heavy (non-hydrogen) atoms. The molecule has 0 radical (unpaired) electrons. The second-order valence-electron chi connectivity index (χ2n) is 4.06. The molecule has 2 rings (SSSR count). The summed E-state index contributed by atoms with van der Waals surface area (Å²) in [7, 11) is 1.64. The van der Waals surface area contributed by atoms with Crippen LogP contribution in [0.4, 0.5) is 5.69 Å². The van der Waals surface area contributed by atoms with E-state index < -0.39 is 0 Å². The lowest BCUT2D eigenvalue weighted by Gasteiger charge is -2.13. The Morgan fingerprint density at radius 1 is 1.10 bits per heavy atom. The molecule has 0 atom stereocenters. The molecule has 0 aromatic heterocycles. The summed E-state index contributed by atoms with van der Waals surface area (Å²) in [4.78, 5) is 0. The van der Waals surface area contributed by atoms with Gasteiger partial charge in [-0.1, -0.05) is 27.5 Å². The van der Waals surface area contributed by atoms with E-state index in [1.165, 1.54) is 0 Å². The predicted molar refractivity (Wildman–Crippen MR) is 94.9 cm³/mol. The van der Waals surface area contributed by atoms with Gasteiger partial charge in [-0.2, -0.15) is 0 Å². The number of methoxy groups -OCH3 is 1. The van der Waals surface area contributed by atoms with Gasteiger partial charge in [0.25, 0.3) is 0 Å². The van der Waals surface area contributed by atoms with Crippen LogP contribution in [0.2, 0.25) is 5.02 Å². The number of nitrogens with one attached hydrogen (secondary N) is 1. The fraction of sp³-hybridized carbons (Fsp3) is 0.143. The summed E-state index contributed by atoms with van der Waals surface area (Å²) >= 11 is 16.6. The molecule has 2 aromatic carbocycles. The fourth-order valence-corrected chi connectivity index (χ4v) is 3.58. The highest BCUT2D eigenvalue weighted by Crippen LogP contribution is 2.35. The minimum absolute atomic E-state index is 0.627. The molecule has 1 N–H and O–H groups in total. The molecule has 2 nitrogen and oxygen atoms in total. The van der Waals surface area contributed by atoms with Gasteiger partial charge in [0.05, 0.1) is 17.3 Å². The van der Waals surface area contributed by atoms with E-state index in [4.69, 9.17) is 16.3 Å².